The Kier molecular flexibility index (Phi) is 4.72. The molecule has 118 valence electrons. The molecule has 0 spiro atoms. The van der Waals surface area contributed by atoms with Crippen LogP contribution in [0, 0.1) is 13.8 Å². The SMILES string of the molecule is Cc1cc(C)c(S(=O)(=O)NCC2(C)CCCO2)cc1CO. The van der Waals surface area contributed by atoms with Gasteiger partial charge in [-0.05, 0) is 56.4 Å². The van der Waals surface area contributed by atoms with Gasteiger partial charge in [-0.3, -0.25) is 0 Å². The molecule has 0 saturated carbocycles. The molecule has 0 bridgehead atoms. The van der Waals surface area contributed by atoms with Crippen molar-refractivity contribution in [3.63, 3.8) is 0 Å². The second kappa shape index (κ2) is 6.04. The lowest BCUT2D eigenvalue weighted by molar-refractivity contribution is 0.0250. The van der Waals surface area contributed by atoms with Crippen LogP contribution in [0.15, 0.2) is 17.0 Å². The molecule has 2 N–H and O–H groups in total. The molecule has 6 heteroatoms. The fourth-order valence-corrected chi connectivity index (χ4v) is 4.07. The van der Waals surface area contributed by atoms with E-state index in [1.54, 1.807) is 19.1 Å². The monoisotopic (exact) mass is 313 g/mol. The Bertz CT molecular complexity index is 619. The van der Waals surface area contributed by atoms with E-state index >= 15 is 0 Å². The lowest BCUT2D eigenvalue weighted by Gasteiger charge is -2.23. The molecule has 1 fully saturated rings. The summed E-state index contributed by atoms with van der Waals surface area (Å²) in [6.45, 7) is 6.30. The van der Waals surface area contributed by atoms with Gasteiger partial charge in [0.2, 0.25) is 10.0 Å². The standard InChI is InChI=1S/C15H23NO4S/c1-11-7-12(2)14(8-13(11)9-17)21(18,19)16-10-15(3)5-4-6-20-15/h7-8,16-17H,4-6,9-10H2,1-3H3. The first-order valence-corrected chi connectivity index (χ1v) is 8.60. The highest BCUT2D eigenvalue weighted by molar-refractivity contribution is 7.89. The molecule has 1 aliphatic rings. The van der Waals surface area contributed by atoms with Gasteiger partial charge in [0, 0.05) is 13.2 Å². The summed E-state index contributed by atoms with van der Waals surface area (Å²) in [7, 11) is -3.61. The molecule has 0 aliphatic carbocycles. The van der Waals surface area contributed by atoms with Crippen LogP contribution in [0.1, 0.15) is 36.5 Å². The molecule has 1 heterocycles. The Morgan fingerprint density at radius 1 is 1.33 bits per heavy atom. The first kappa shape index (κ1) is 16.4. The Morgan fingerprint density at radius 3 is 2.62 bits per heavy atom. The van der Waals surface area contributed by atoms with Crippen LogP contribution in [0.3, 0.4) is 0 Å². The van der Waals surface area contributed by atoms with Crippen LogP contribution in [-0.4, -0.2) is 32.3 Å². The highest BCUT2D eigenvalue weighted by atomic mass is 32.2. The van der Waals surface area contributed by atoms with Crippen LogP contribution in [0.5, 0.6) is 0 Å². The van der Waals surface area contributed by atoms with E-state index < -0.39 is 15.6 Å². The van der Waals surface area contributed by atoms with Crippen molar-refractivity contribution in [2.75, 3.05) is 13.2 Å². The predicted octanol–water partition coefficient (Wildman–Crippen LogP) is 1.64. The average Bonchev–Trinajstić information content (AvgIpc) is 2.84. The van der Waals surface area contributed by atoms with Crippen molar-refractivity contribution in [3.05, 3.63) is 28.8 Å². The minimum Gasteiger partial charge on any atom is -0.392 e. The fraction of sp³-hybridized carbons (Fsp3) is 0.600. The minimum absolute atomic E-state index is 0.171. The van der Waals surface area contributed by atoms with Crippen molar-refractivity contribution < 1.29 is 18.3 Å². The van der Waals surface area contributed by atoms with Gasteiger partial charge in [0.25, 0.3) is 0 Å². The third-order valence-electron chi connectivity index (χ3n) is 4.03. The highest BCUT2D eigenvalue weighted by Crippen LogP contribution is 2.25. The Balaban J connectivity index is 2.23. The van der Waals surface area contributed by atoms with E-state index in [0.29, 0.717) is 17.7 Å². The maximum atomic E-state index is 12.5. The van der Waals surface area contributed by atoms with Crippen LogP contribution in [0.2, 0.25) is 0 Å². The van der Waals surface area contributed by atoms with E-state index in [4.69, 9.17) is 4.74 Å². The number of aryl methyl sites for hydroxylation is 2. The minimum atomic E-state index is -3.61. The van der Waals surface area contributed by atoms with Gasteiger partial charge < -0.3 is 9.84 Å². The highest BCUT2D eigenvalue weighted by Gasteiger charge is 2.31. The van der Waals surface area contributed by atoms with Gasteiger partial charge in [-0.15, -0.1) is 0 Å². The van der Waals surface area contributed by atoms with Gasteiger partial charge in [-0.2, -0.15) is 0 Å². The molecule has 0 radical (unpaired) electrons. The third kappa shape index (κ3) is 3.63. The van der Waals surface area contributed by atoms with Crippen LogP contribution >= 0.6 is 0 Å². The zero-order valence-electron chi connectivity index (χ0n) is 12.8. The summed E-state index contributed by atoms with van der Waals surface area (Å²) >= 11 is 0. The van der Waals surface area contributed by atoms with Crippen LogP contribution in [0.4, 0.5) is 0 Å². The number of nitrogens with one attached hydrogen (secondary N) is 1. The molecule has 1 aliphatic heterocycles. The molecular weight excluding hydrogens is 290 g/mol. The summed E-state index contributed by atoms with van der Waals surface area (Å²) in [5.41, 5.74) is 1.77. The molecule has 5 nitrogen and oxygen atoms in total. The summed E-state index contributed by atoms with van der Waals surface area (Å²) < 4.78 is 33.2. The number of hydrogen-bond acceptors (Lipinski definition) is 4. The molecule has 1 saturated heterocycles. The number of hydrogen-bond donors (Lipinski definition) is 2. The molecule has 2 rings (SSSR count). The number of rotatable bonds is 5. The van der Waals surface area contributed by atoms with E-state index in [9.17, 15) is 13.5 Å². The Labute approximate surface area is 126 Å². The zero-order chi connectivity index (χ0) is 15.7. The van der Waals surface area contributed by atoms with Gasteiger partial charge in [0.05, 0.1) is 17.1 Å². The summed E-state index contributed by atoms with van der Waals surface area (Å²) in [6, 6.07) is 3.33. The van der Waals surface area contributed by atoms with Crippen molar-refractivity contribution >= 4 is 10.0 Å². The lowest BCUT2D eigenvalue weighted by atomic mass is 10.0. The molecule has 1 atom stereocenters. The van der Waals surface area contributed by atoms with E-state index in [1.165, 1.54) is 0 Å². The first-order chi connectivity index (χ1) is 9.77. The van der Waals surface area contributed by atoms with Crippen LogP contribution in [0.25, 0.3) is 0 Å². The lowest BCUT2D eigenvalue weighted by Crippen LogP contribution is -2.40. The van der Waals surface area contributed by atoms with Gasteiger partial charge in [0.15, 0.2) is 0 Å². The number of benzene rings is 1. The molecule has 21 heavy (non-hydrogen) atoms. The summed E-state index contributed by atoms with van der Waals surface area (Å²) in [5.74, 6) is 0. The van der Waals surface area contributed by atoms with E-state index in [0.717, 1.165) is 18.4 Å². The van der Waals surface area contributed by atoms with Crippen molar-refractivity contribution in [3.8, 4) is 0 Å². The van der Waals surface area contributed by atoms with Crippen molar-refractivity contribution in [1.82, 2.24) is 4.72 Å². The Hall–Kier alpha value is -0.950. The van der Waals surface area contributed by atoms with Crippen molar-refractivity contribution in [1.29, 1.82) is 0 Å². The number of sulfonamides is 1. The second-order valence-corrected chi connectivity index (χ2v) is 7.66. The van der Waals surface area contributed by atoms with Crippen molar-refractivity contribution in [2.24, 2.45) is 0 Å². The van der Waals surface area contributed by atoms with E-state index in [-0.39, 0.29) is 18.0 Å². The summed E-state index contributed by atoms with van der Waals surface area (Å²) in [5, 5.41) is 9.31. The smallest absolute Gasteiger partial charge is 0.240 e. The second-order valence-electron chi connectivity index (χ2n) is 5.93. The summed E-state index contributed by atoms with van der Waals surface area (Å²) in [4.78, 5) is 0.221. The fourth-order valence-electron chi connectivity index (χ4n) is 2.64. The number of ether oxygens (including phenoxy) is 1. The quantitative estimate of drug-likeness (QED) is 0.866. The van der Waals surface area contributed by atoms with Gasteiger partial charge in [0.1, 0.15) is 0 Å². The third-order valence-corrected chi connectivity index (χ3v) is 5.57. The van der Waals surface area contributed by atoms with Crippen LogP contribution in [-0.2, 0) is 21.4 Å². The normalized spacial score (nSPS) is 22.7. The summed E-state index contributed by atoms with van der Waals surface area (Å²) in [6.07, 6.45) is 1.81. The molecular formula is C15H23NO4S. The number of aliphatic hydroxyl groups is 1. The molecule has 1 aromatic rings. The molecule has 1 unspecified atom stereocenters. The van der Waals surface area contributed by atoms with Crippen LogP contribution < -0.4 is 4.72 Å². The first-order valence-electron chi connectivity index (χ1n) is 7.12. The van der Waals surface area contributed by atoms with Gasteiger partial charge in [-0.1, -0.05) is 6.07 Å². The van der Waals surface area contributed by atoms with Crippen molar-refractivity contribution in [2.45, 2.75) is 50.7 Å². The maximum absolute atomic E-state index is 12.5. The number of aliphatic hydroxyl groups excluding tert-OH is 1. The van der Waals surface area contributed by atoms with E-state index in [2.05, 4.69) is 4.72 Å². The predicted molar refractivity (Wildman–Crippen MR) is 80.6 cm³/mol. The van der Waals surface area contributed by atoms with Gasteiger partial charge >= 0.3 is 0 Å². The molecule has 1 aromatic carbocycles. The maximum Gasteiger partial charge on any atom is 0.240 e. The van der Waals surface area contributed by atoms with E-state index in [1.807, 2.05) is 13.8 Å². The largest absolute Gasteiger partial charge is 0.392 e. The Morgan fingerprint density at radius 2 is 2.05 bits per heavy atom. The zero-order valence-corrected chi connectivity index (χ0v) is 13.6. The molecule has 0 aromatic heterocycles. The topological polar surface area (TPSA) is 75.6 Å². The average molecular weight is 313 g/mol. The molecule has 0 amide bonds. The van der Waals surface area contributed by atoms with Gasteiger partial charge in [-0.25, -0.2) is 13.1 Å².